The Morgan fingerprint density at radius 1 is 0.975 bits per heavy atom. The lowest BCUT2D eigenvalue weighted by Gasteiger charge is -2.48. The van der Waals surface area contributed by atoms with Crippen LogP contribution in [0.2, 0.25) is 0 Å². The predicted octanol–water partition coefficient (Wildman–Crippen LogP) is 6.53. The van der Waals surface area contributed by atoms with E-state index in [0.29, 0.717) is 34.2 Å². The molecule has 1 spiro atoms. The van der Waals surface area contributed by atoms with Crippen molar-refractivity contribution in [3.63, 3.8) is 0 Å². The Hall–Kier alpha value is -4.17. The number of methoxy groups -OCH3 is 1. The van der Waals surface area contributed by atoms with E-state index in [-0.39, 0.29) is 29.6 Å². The minimum Gasteiger partial charge on any atom is -0.497 e. The zero-order chi connectivity index (χ0) is 28.0. The Bertz CT molecular complexity index is 1570. The fourth-order valence-electron chi connectivity index (χ4n) is 6.26. The molecule has 40 heavy (non-hydrogen) atoms. The van der Waals surface area contributed by atoms with Gasteiger partial charge in [-0.1, -0.05) is 29.8 Å². The van der Waals surface area contributed by atoms with E-state index in [1.54, 1.807) is 43.5 Å². The third kappa shape index (κ3) is 4.32. The molecule has 9 heteroatoms. The SMILES string of the molecule is COc1ccc(Oc2ccc(F)cc2[C@H]2NC(=O)C[C@@H](C3C=C(Cl)C=CC3)[C@]23C(=O)Nc2cc(F)ccc23)cc1. The van der Waals surface area contributed by atoms with Gasteiger partial charge in [-0.05, 0) is 84.5 Å². The van der Waals surface area contributed by atoms with Gasteiger partial charge in [0.1, 0.15) is 34.3 Å². The van der Waals surface area contributed by atoms with Gasteiger partial charge in [-0.3, -0.25) is 9.59 Å². The van der Waals surface area contributed by atoms with Crippen molar-refractivity contribution in [1.29, 1.82) is 0 Å². The highest BCUT2D eigenvalue weighted by molar-refractivity contribution is 6.31. The average Bonchev–Trinajstić information content (AvgIpc) is 3.22. The molecule has 1 unspecified atom stereocenters. The smallest absolute Gasteiger partial charge is 0.237 e. The van der Waals surface area contributed by atoms with E-state index in [1.807, 2.05) is 12.2 Å². The lowest BCUT2D eigenvalue weighted by atomic mass is 9.57. The molecule has 4 atom stereocenters. The van der Waals surface area contributed by atoms with Crippen molar-refractivity contribution in [3.8, 4) is 17.2 Å². The summed E-state index contributed by atoms with van der Waals surface area (Å²) in [6.07, 6.45) is 6.09. The molecule has 0 saturated carbocycles. The first-order valence-corrected chi connectivity index (χ1v) is 13.2. The third-order valence-electron chi connectivity index (χ3n) is 7.95. The van der Waals surface area contributed by atoms with Gasteiger partial charge < -0.3 is 20.1 Å². The van der Waals surface area contributed by atoms with Crippen LogP contribution in [0.3, 0.4) is 0 Å². The number of carbonyl (C=O) groups excluding carboxylic acids is 2. The summed E-state index contributed by atoms with van der Waals surface area (Å²) in [5.41, 5.74) is -0.298. The normalized spacial score (nSPS) is 25.2. The van der Waals surface area contributed by atoms with Gasteiger partial charge >= 0.3 is 0 Å². The third-order valence-corrected chi connectivity index (χ3v) is 8.20. The average molecular weight is 563 g/mol. The maximum absolute atomic E-state index is 14.9. The zero-order valence-corrected chi connectivity index (χ0v) is 22.2. The number of rotatable bonds is 5. The van der Waals surface area contributed by atoms with Crippen LogP contribution in [0.1, 0.15) is 30.0 Å². The molecule has 1 fully saturated rings. The molecule has 1 aliphatic carbocycles. The monoisotopic (exact) mass is 562 g/mol. The topological polar surface area (TPSA) is 76.7 Å². The summed E-state index contributed by atoms with van der Waals surface area (Å²) in [5.74, 6) is -1.31. The number of allylic oxidation sites excluding steroid dienone is 4. The van der Waals surface area contributed by atoms with Crippen molar-refractivity contribution >= 4 is 29.1 Å². The molecule has 2 amide bonds. The van der Waals surface area contributed by atoms with Crippen molar-refractivity contribution < 1.29 is 27.8 Å². The molecule has 6 nitrogen and oxygen atoms in total. The Balaban J connectivity index is 1.55. The van der Waals surface area contributed by atoms with Crippen LogP contribution in [0.5, 0.6) is 17.2 Å². The molecule has 3 aliphatic rings. The standard InChI is InChI=1S/C31H25ClF2N2O4/c1-39-21-7-9-22(10-8-21)40-27-12-6-19(33)14-23(27)29-31(24-11-5-20(34)15-26(24)35-30(31)38)25(16-28(37)36-29)17-3-2-4-18(32)13-17/h2,4-15,17,25,29H,3,16H2,1H3,(H,35,38)(H,36,37)/t17?,25-,29+,31-/m0/s1. The summed E-state index contributed by atoms with van der Waals surface area (Å²) < 4.78 is 40.6. The zero-order valence-electron chi connectivity index (χ0n) is 21.4. The molecular weight excluding hydrogens is 538 g/mol. The largest absolute Gasteiger partial charge is 0.497 e. The first-order valence-electron chi connectivity index (χ1n) is 12.9. The second kappa shape index (κ2) is 10.1. The summed E-state index contributed by atoms with van der Waals surface area (Å²) in [6.45, 7) is 0. The number of nitrogens with one attached hydrogen (secondary N) is 2. The molecule has 2 heterocycles. The lowest BCUT2D eigenvalue weighted by Crippen LogP contribution is -2.59. The number of hydrogen-bond acceptors (Lipinski definition) is 4. The van der Waals surface area contributed by atoms with Crippen molar-refractivity contribution in [3.05, 3.63) is 107 Å². The highest BCUT2D eigenvalue weighted by Crippen LogP contribution is 2.58. The molecule has 204 valence electrons. The lowest BCUT2D eigenvalue weighted by molar-refractivity contribution is -0.135. The predicted molar refractivity (Wildman–Crippen MR) is 146 cm³/mol. The molecule has 2 aliphatic heterocycles. The van der Waals surface area contributed by atoms with Gasteiger partial charge in [0.05, 0.1) is 13.2 Å². The first kappa shape index (κ1) is 26.1. The number of hydrogen-bond donors (Lipinski definition) is 2. The van der Waals surface area contributed by atoms with E-state index in [0.717, 1.165) is 0 Å². The van der Waals surface area contributed by atoms with Gasteiger partial charge in [-0.2, -0.15) is 0 Å². The van der Waals surface area contributed by atoms with Gasteiger partial charge in [0.25, 0.3) is 0 Å². The van der Waals surface area contributed by atoms with Gasteiger partial charge in [0.15, 0.2) is 0 Å². The second-order valence-electron chi connectivity index (χ2n) is 10.1. The van der Waals surface area contributed by atoms with Crippen molar-refractivity contribution in [2.45, 2.75) is 24.3 Å². The van der Waals surface area contributed by atoms with Gasteiger partial charge in [-0.15, -0.1) is 0 Å². The fourth-order valence-corrected chi connectivity index (χ4v) is 6.51. The first-order chi connectivity index (χ1) is 19.3. The van der Waals surface area contributed by atoms with Crippen molar-refractivity contribution in [2.24, 2.45) is 11.8 Å². The number of ether oxygens (including phenoxy) is 2. The molecule has 6 rings (SSSR count). The Morgan fingerprint density at radius 3 is 2.45 bits per heavy atom. The molecule has 0 aromatic heterocycles. The van der Waals surface area contributed by atoms with Gasteiger partial charge in [0, 0.05) is 22.7 Å². The van der Waals surface area contributed by atoms with Crippen LogP contribution < -0.4 is 20.1 Å². The minimum atomic E-state index is -1.41. The number of halogens is 3. The Morgan fingerprint density at radius 2 is 1.70 bits per heavy atom. The van der Waals surface area contributed by atoms with E-state index in [9.17, 15) is 18.4 Å². The van der Waals surface area contributed by atoms with Crippen LogP contribution in [0.25, 0.3) is 0 Å². The minimum absolute atomic E-state index is 0.0178. The van der Waals surface area contributed by atoms with Gasteiger partial charge in [-0.25, -0.2) is 8.78 Å². The highest BCUT2D eigenvalue weighted by atomic mass is 35.5. The molecule has 0 bridgehead atoms. The van der Waals surface area contributed by atoms with E-state index in [2.05, 4.69) is 10.6 Å². The Labute approximate surface area is 234 Å². The summed E-state index contributed by atoms with van der Waals surface area (Å²) in [6, 6.07) is 13.9. The molecule has 2 N–H and O–H groups in total. The fraction of sp³-hybridized carbons (Fsp3) is 0.226. The summed E-state index contributed by atoms with van der Waals surface area (Å²) in [4.78, 5) is 27.5. The van der Waals surface area contributed by atoms with Crippen LogP contribution in [-0.2, 0) is 15.0 Å². The number of piperidine rings is 1. The number of benzene rings is 3. The van der Waals surface area contributed by atoms with Crippen LogP contribution >= 0.6 is 11.6 Å². The number of fused-ring (bicyclic) bond motifs is 2. The van der Waals surface area contributed by atoms with Crippen molar-refractivity contribution in [2.75, 3.05) is 12.4 Å². The summed E-state index contributed by atoms with van der Waals surface area (Å²) >= 11 is 6.38. The maximum Gasteiger partial charge on any atom is 0.237 e. The molecule has 0 radical (unpaired) electrons. The molecule has 1 saturated heterocycles. The Kier molecular flexibility index (Phi) is 6.58. The van der Waals surface area contributed by atoms with E-state index in [1.165, 1.54) is 30.3 Å². The highest BCUT2D eigenvalue weighted by Gasteiger charge is 2.62. The summed E-state index contributed by atoms with van der Waals surface area (Å²) in [7, 11) is 1.55. The van der Waals surface area contributed by atoms with Crippen LogP contribution in [0, 0.1) is 23.5 Å². The summed E-state index contributed by atoms with van der Waals surface area (Å²) in [5, 5.41) is 6.31. The quantitative estimate of drug-likeness (QED) is 0.371. The van der Waals surface area contributed by atoms with Crippen LogP contribution in [0.15, 0.2) is 83.9 Å². The number of amides is 2. The van der Waals surface area contributed by atoms with Crippen LogP contribution in [-0.4, -0.2) is 18.9 Å². The number of carbonyl (C=O) groups is 2. The van der Waals surface area contributed by atoms with E-state index >= 15 is 0 Å². The van der Waals surface area contributed by atoms with E-state index < -0.39 is 34.9 Å². The maximum atomic E-state index is 14.9. The van der Waals surface area contributed by atoms with Crippen LogP contribution in [0.4, 0.5) is 14.5 Å². The van der Waals surface area contributed by atoms with Gasteiger partial charge in [0.2, 0.25) is 11.8 Å². The van der Waals surface area contributed by atoms with Crippen molar-refractivity contribution in [1.82, 2.24) is 5.32 Å². The molecule has 3 aromatic carbocycles. The number of anilines is 1. The molecular formula is C31H25ClF2N2O4. The van der Waals surface area contributed by atoms with E-state index in [4.69, 9.17) is 21.1 Å². The molecule has 3 aromatic rings. The second-order valence-corrected chi connectivity index (χ2v) is 10.6.